The van der Waals surface area contributed by atoms with Crippen LogP contribution in [0.2, 0.25) is 5.02 Å². The lowest BCUT2D eigenvalue weighted by molar-refractivity contribution is 0.0601. The van der Waals surface area contributed by atoms with Crippen molar-refractivity contribution in [1.29, 1.82) is 0 Å². The Bertz CT molecular complexity index is 797. The first-order chi connectivity index (χ1) is 9.69. The molecule has 0 aliphatic heterocycles. The van der Waals surface area contributed by atoms with E-state index in [1.807, 2.05) is 30.3 Å². The summed E-state index contributed by atoms with van der Waals surface area (Å²) in [4.78, 5) is 16.4. The molecule has 0 unspecified atom stereocenters. The molecular formula is C15H10ClNO2S. The van der Waals surface area contributed by atoms with E-state index in [9.17, 15) is 4.79 Å². The van der Waals surface area contributed by atoms with Crippen LogP contribution in [0.4, 0.5) is 0 Å². The summed E-state index contributed by atoms with van der Waals surface area (Å²) in [5.74, 6) is -0.363. The van der Waals surface area contributed by atoms with E-state index in [0.29, 0.717) is 10.6 Å². The molecule has 0 amide bonds. The van der Waals surface area contributed by atoms with Gasteiger partial charge in [0.1, 0.15) is 5.01 Å². The van der Waals surface area contributed by atoms with Crippen LogP contribution in [0.15, 0.2) is 42.5 Å². The second-order valence-corrected chi connectivity index (χ2v) is 5.64. The maximum atomic E-state index is 11.8. The number of fused-ring (bicyclic) bond motifs is 1. The van der Waals surface area contributed by atoms with E-state index in [-0.39, 0.29) is 5.97 Å². The average Bonchev–Trinajstić information content (AvgIpc) is 2.89. The lowest BCUT2D eigenvalue weighted by Crippen LogP contribution is -2.02. The van der Waals surface area contributed by atoms with Gasteiger partial charge in [0.2, 0.25) is 0 Å². The number of benzene rings is 2. The zero-order chi connectivity index (χ0) is 14.1. The molecule has 3 aromatic rings. The molecule has 0 fully saturated rings. The highest BCUT2D eigenvalue weighted by Gasteiger charge is 2.15. The quantitative estimate of drug-likeness (QED) is 0.659. The van der Waals surface area contributed by atoms with Crippen LogP contribution in [0.3, 0.4) is 0 Å². The lowest BCUT2D eigenvalue weighted by atomic mass is 10.1. The first kappa shape index (κ1) is 13.1. The van der Waals surface area contributed by atoms with Crippen LogP contribution in [-0.4, -0.2) is 18.1 Å². The molecule has 0 aliphatic carbocycles. The molecule has 0 bridgehead atoms. The minimum atomic E-state index is -0.363. The molecule has 0 aliphatic rings. The van der Waals surface area contributed by atoms with Gasteiger partial charge >= 0.3 is 5.97 Å². The monoisotopic (exact) mass is 303 g/mol. The number of halogens is 1. The van der Waals surface area contributed by atoms with Crippen molar-refractivity contribution in [3.63, 3.8) is 0 Å². The van der Waals surface area contributed by atoms with Gasteiger partial charge in [-0.1, -0.05) is 29.8 Å². The van der Waals surface area contributed by atoms with Crippen LogP contribution in [0, 0.1) is 0 Å². The van der Waals surface area contributed by atoms with E-state index in [4.69, 9.17) is 16.3 Å². The maximum Gasteiger partial charge on any atom is 0.338 e. The van der Waals surface area contributed by atoms with Gasteiger partial charge in [-0.25, -0.2) is 9.78 Å². The van der Waals surface area contributed by atoms with Crippen LogP contribution in [-0.2, 0) is 4.74 Å². The molecule has 3 rings (SSSR count). The number of methoxy groups -OCH3 is 1. The largest absolute Gasteiger partial charge is 0.465 e. The van der Waals surface area contributed by atoms with E-state index in [1.165, 1.54) is 18.4 Å². The number of carbonyl (C=O) groups is 1. The molecule has 0 saturated carbocycles. The molecule has 5 heteroatoms. The van der Waals surface area contributed by atoms with Gasteiger partial charge in [-0.15, -0.1) is 11.3 Å². The van der Waals surface area contributed by atoms with Crippen LogP contribution >= 0.6 is 22.9 Å². The Morgan fingerprint density at radius 1 is 1.25 bits per heavy atom. The summed E-state index contributed by atoms with van der Waals surface area (Å²) < 4.78 is 5.84. The molecule has 1 heterocycles. The molecule has 0 radical (unpaired) electrons. The van der Waals surface area contributed by atoms with Crippen molar-refractivity contribution >= 4 is 39.1 Å². The van der Waals surface area contributed by atoms with Crippen molar-refractivity contribution in [2.75, 3.05) is 7.11 Å². The number of hydrogen-bond donors (Lipinski definition) is 0. The summed E-state index contributed by atoms with van der Waals surface area (Å²) in [5, 5.41) is 1.43. The fourth-order valence-corrected chi connectivity index (χ4v) is 3.13. The van der Waals surface area contributed by atoms with Gasteiger partial charge in [0, 0.05) is 10.6 Å². The van der Waals surface area contributed by atoms with Crippen molar-refractivity contribution < 1.29 is 9.53 Å². The lowest BCUT2D eigenvalue weighted by Gasteiger charge is -2.04. The maximum absolute atomic E-state index is 11.8. The molecule has 1 aromatic heterocycles. The number of hydrogen-bond acceptors (Lipinski definition) is 4. The third-order valence-electron chi connectivity index (χ3n) is 2.91. The Kier molecular flexibility index (Phi) is 3.42. The van der Waals surface area contributed by atoms with Crippen LogP contribution < -0.4 is 0 Å². The molecule has 100 valence electrons. The fraction of sp³-hybridized carbons (Fsp3) is 0.0667. The third kappa shape index (κ3) is 2.28. The summed E-state index contributed by atoms with van der Waals surface area (Å²) >= 11 is 7.49. The Morgan fingerprint density at radius 3 is 2.85 bits per heavy atom. The number of carbonyl (C=O) groups excluding carboxylic acids is 1. The molecule has 0 spiro atoms. The van der Waals surface area contributed by atoms with E-state index in [2.05, 4.69) is 4.98 Å². The molecule has 3 nitrogen and oxygen atoms in total. The molecule has 2 aromatic carbocycles. The number of aromatic nitrogens is 1. The zero-order valence-electron chi connectivity index (χ0n) is 10.6. The number of ether oxygens (including phenoxy) is 1. The number of rotatable bonds is 2. The van der Waals surface area contributed by atoms with Crippen LogP contribution in [0.5, 0.6) is 0 Å². The number of nitrogens with zero attached hydrogens (tertiary/aromatic N) is 1. The summed E-state index contributed by atoms with van der Waals surface area (Å²) in [7, 11) is 1.37. The van der Waals surface area contributed by atoms with Crippen molar-refractivity contribution in [2.45, 2.75) is 0 Å². The zero-order valence-corrected chi connectivity index (χ0v) is 12.2. The minimum Gasteiger partial charge on any atom is -0.465 e. The van der Waals surface area contributed by atoms with Crippen molar-refractivity contribution in [2.24, 2.45) is 0 Å². The van der Waals surface area contributed by atoms with Gasteiger partial charge in [0.15, 0.2) is 0 Å². The van der Waals surface area contributed by atoms with Crippen LogP contribution in [0.25, 0.3) is 20.8 Å². The Labute approximate surface area is 124 Å². The predicted molar refractivity (Wildman–Crippen MR) is 81.4 cm³/mol. The molecule has 20 heavy (non-hydrogen) atoms. The van der Waals surface area contributed by atoms with Crippen molar-refractivity contribution in [3.05, 3.63) is 53.1 Å². The standard InChI is InChI=1S/C15H10ClNO2S/c1-19-15(18)11-5-3-2-4-10(11)14-17-12-8-9(16)6-7-13(12)20-14/h2-8H,1H3. The summed E-state index contributed by atoms with van der Waals surface area (Å²) in [6.45, 7) is 0. The number of thiazole rings is 1. The molecule has 0 saturated heterocycles. The minimum absolute atomic E-state index is 0.363. The second-order valence-electron chi connectivity index (χ2n) is 4.17. The van der Waals surface area contributed by atoms with E-state index < -0.39 is 0 Å². The highest BCUT2D eigenvalue weighted by molar-refractivity contribution is 7.21. The smallest absolute Gasteiger partial charge is 0.338 e. The van der Waals surface area contributed by atoms with Gasteiger partial charge < -0.3 is 4.74 Å². The summed E-state index contributed by atoms with van der Waals surface area (Å²) in [5.41, 5.74) is 2.12. The van der Waals surface area contributed by atoms with Crippen LogP contribution in [0.1, 0.15) is 10.4 Å². The average molecular weight is 304 g/mol. The molecule has 0 atom stereocenters. The SMILES string of the molecule is COC(=O)c1ccccc1-c1nc2cc(Cl)ccc2s1. The fourth-order valence-electron chi connectivity index (χ4n) is 1.97. The second kappa shape index (κ2) is 5.23. The van der Waals surface area contributed by atoms with Crippen molar-refractivity contribution in [1.82, 2.24) is 4.98 Å². The third-order valence-corrected chi connectivity index (χ3v) is 4.22. The van der Waals surface area contributed by atoms with Gasteiger partial charge in [0.05, 0.1) is 22.9 Å². The Balaban J connectivity index is 2.18. The molecular weight excluding hydrogens is 294 g/mol. The van der Waals surface area contributed by atoms with E-state index >= 15 is 0 Å². The first-order valence-corrected chi connectivity index (χ1v) is 7.12. The first-order valence-electron chi connectivity index (χ1n) is 5.93. The van der Waals surface area contributed by atoms with E-state index in [1.54, 1.807) is 12.1 Å². The topological polar surface area (TPSA) is 39.2 Å². The summed E-state index contributed by atoms with van der Waals surface area (Å²) in [6.07, 6.45) is 0. The van der Waals surface area contributed by atoms with Gasteiger partial charge in [-0.05, 0) is 24.3 Å². The normalized spacial score (nSPS) is 10.7. The number of esters is 1. The van der Waals surface area contributed by atoms with Gasteiger partial charge in [-0.2, -0.15) is 0 Å². The molecule has 0 N–H and O–H groups in total. The van der Waals surface area contributed by atoms with Crippen molar-refractivity contribution in [3.8, 4) is 10.6 Å². The summed E-state index contributed by atoms with van der Waals surface area (Å²) in [6, 6.07) is 12.9. The Morgan fingerprint density at radius 2 is 2.05 bits per heavy atom. The predicted octanol–water partition coefficient (Wildman–Crippen LogP) is 4.40. The van der Waals surface area contributed by atoms with Gasteiger partial charge in [-0.3, -0.25) is 0 Å². The Hall–Kier alpha value is -1.91. The highest BCUT2D eigenvalue weighted by atomic mass is 35.5. The van der Waals surface area contributed by atoms with Gasteiger partial charge in [0.25, 0.3) is 0 Å². The highest BCUT2D eigenvalue weighted by Crippen LogP contribution is 2.33. The van der Waals surface area contributed by atoms with E-state index in [0.717, 1.165) is 20.8 Å².